The molecule has 2 aromatic rings. The summed E-state index contributed by atoms with van der Waals surface area (Å²) >= 11 is 0. The van der Waals surface area contributed by atoms with Gasteiger partial charge in [0.05, 0.1) is 24.6 Å². The van der Waals surface area contributed by atoms with Gasteiger partial charge in [-0.25, -0.2) is 0 Å². The molecule has 2 unspecified atom stereocenters. The van der Waals surface area contributed by atoms with Crippen molar-refractivity contribution in [3.8, 4) is 0 Å². The van der Waals surface area contributed by atoms with Gasteiger partial charge in [-0.3, -0.25) is 9.59 Å². The van der Waals surface area contributed by atoms with Crippen molar-refractivity contribution in [1.82, 2.24) is 9.80 Å². The Labute approximate surface area is 178 Å². The maximum atomic E-state index is 13.4. The Bertz CT molecular complexity index is 949. The van der Waals surface area contributed by atoms with E-state index in [1.54, 1.807) is 40.1 Å². The number of amides is 2. The number of morpholine rings is 1. The van der Waals surface area contributed by atoms with Crippen molar-refractivity contribution in [3.63, 3.8) is 0 Å². The number of halogens is 3. The highest BCUT2D eigenvalue weighted by Gasteiger charge is 2.39. The van der Waals surface area contributed by atoms with Crippen LogP contribution in [-0.2, 0) is 15.7 Å². The van der Waals surface area contributed by atoms with Gasteiger partial charge in [0.1, 0.15) is 6.10 Å². The van der Waals surface area contributed by atoms with Crippen molar-refractivity contribution < 1.29 is 27.5 Å². The molecular weight excluding hydrogens is 409 g/mol. The summed E-state index contributed by atoms with van der Waals surface area (Å²) in [6.07, 6.45) is -4.78. The molecule has 2 aliphatic heterocycles. The van der Waals surface area contributed by atoms with Crippen LogP contribution in [-0.4, -0.2) is 54.4 Å². The first-order valence-corrected chi connectivity index (χ1v) is 10.3. The Morgan fingerprint density at radius 1 is 0.903 bits per heavy atom. The number of carbonyl (C=O) groups excluding carboxylic acids is 2. The van der Waals surface area contributed by atoms with E-state index >= 15 is 0 Å². The molecule has 4 rings (SSSR count). The molecule has 2 fully saturated rings. The summed E-state index contributed by atoms with van der Waals surface area (Å²) in [5.74, 6) is -0.611. The van der Waals surface area contributed by atoms with E-state index in [-0.39, 0.29) is 36.4 Å². The molecular formula is C23H23F3N2O3. The molecule has 0 radical (unpaired) electrons. The average Bonchev–Trinajstić information content (AvgIpc) is 3.28. The minimum absolute atomic E-state index is 0.0415. The van der Waals surface area contributed by atoms with Crippen LogP contribution in [0.25, 0.3) is 0 Å². The van der Waals surface area contributed by atoms with Crippen LogP contribution in [0.2, 0.25) is 0 Å². The van der Waals surface area contributed by atoms with Gasteiger partial charge in [0.2, 0.25) is 5.91 Å². The monoisotopic (exact) mass is 432 g/mol. The third-order valence-corrected chi connectivity index (χ3v) is 5.84. The standard InChI is InChI=1S/C23H23F3N2O3/c24-23(25,26)19-9-5-4-8-18(19)20-15-28(12-13-31-20)22(30)17-10-11-27(14-17)21(29)16-6-2-1-3-7-16/h1-9,17,20H,10-15H2. The summed E-state index contributed by atoms with van der Waals surface area (Å²) in [7, 11) is 0. The van der Waals surface area contributed by atoms with E-state index in [2.05, 4.69) is 0 Å². The second kappa shape index (κ2) is 8.70. The van der Waals surface area contributed by atoms with Crippen molar-refractivity contribution in [2.45, 2.75) is 18.7 Å². The Kier molecular flexibility index (Phi) is 6.00. The number of carbonyl (C=O) groups is 2. The second-order valence-electron chi connectivity index (χ2n) is 7.83. The summed E-state index contributed by atoms with van der Waals surface area (Å²) in [5, 5.41) is 0. The molecule has 2 heterocycles. The third-order valence-electron chi connectivity index (χ3n) is 5.84. The first-order chi connectivity index (χ1) is 14.8. The molecule has 0 N–H and O–H groups in total. The highest BCUT2D eigenvalue weighted by Crippen LogP contribution is 2.37. The van der Waals surface area contributed by atoms with Gasteiger partial charge in [0, 0.05) is 25.2 Å². The molecule has 2 amide bonds. The van der Waals surface area contributed by atoms with Crippen LogP contribution in [0.4, 0.5) is 13.2 Å². The molecule has 0 aromatic heterocycles. The normalized spacial score (nSPS) is 21.9. The number of rotatable bonds is 3. The SMILES string of the molecule is O=C(c1ccccc1)N1CCC(C(=O)N2CCOC(c3ccccc3C(F)(F)F)C2)C1. The minimum atomic E-state index is -4.49. The first kappa shape index (κ1) is 21.4. The zero-order valence-electron chi connectivity index (χ0n) is 16.8. The lowest BCUT2D eigenvalue weighted by Gasteiger charge is -2.35. The fourth-order valence-corrected chi connectivity index (χ4v) is 4.24. The van der Waals surface area contributed by atoms with Crippen molar-refractivity contribution in [2.24, 2.45) is 5.92 Å². The largest absolute Gasteiger partial charge is 0.416 e. The van der Waals surface area contributed by atoms with Gasteiger partial charge >= 0.3 is 6.18 Å². The third kappa shape index (κ3) is 4.58. The summed E-state index contributed by atoms with van der Waals surface area (Å²) < 4.78 is 45.8. The quantitative estimate of drug-likeness (QED) is 0.742. The number of benzene rings is 2. The molecule has 8 heteroatoms. The molecule has 0 saturated carbocycles. The van der Waals surface area contributed by atoms with Crippen molar-refractivity contribution in [2.75, 3.05) is 32.8 Å². The fourth-order valence-electron chi connectivity index (χ4n) is 4.24. The van der Waals surface area contributed by atoms with E-state index in [9.17, 15) is 22.8 Å². The van der Waals surface area contributed by atoms with E-state index in [1.807, 2.05) is 6.07 Å². The van der Waals surface area contributed by atoms with Crippen LogP contribution < -0.4 is 0 Å². The zero-order valence-corrected chi connectivity index (χ0v) is 16.8. The van der Waals surface area contributed by atoms with Gasteiger partial charge in [-0.1, -0.05) is 36.4 Å². The Morgan fingerprint density at radius 2 is 1.61 bits per heavy atom. The summed E-state index contributed by atoms with van der Waals surface area (Å²) in [6, 6.07) is 14.2. The van der Waals surface area contributed by atoms with Crippen LogP contribution in [0, 0.1) is 5.92 Å². The zero-order chi connectivity index (χ0) is 22.0. The number of nitrogens with zero attached hydrogens (tertiary/aromatic N) is 2. The molecule has 0 bridgehead atoms. The molecule has 2 saturated heterocycles. The van der Waals surface area contributed by atoms with Crippen molar-refractivity contribution in [1.29, 1.82) is 0 Å². The number of ether oxygens (including phenoxy) is 1. The van der Waals surface area contributed by atoms with Crippen LogP contribution in [0.3, 0.4) is 0 Å². The predicted octanol–water partition coefficient (Wildman–Crippen LogP) is 3.77. The van der Waals surface area contributed by atoms with Gasteiger partial charge in [-0.15, -0.1) is 0 Å². The Hall–Kier alpha value is -2.87. The maximum absolute atomic E-state index is 13.4. The first-order valence-electron chi connectivity index (χ1n) is 10.3. The molecule has 0 spiro atoms. The van der Waals surface area contributed by atoms with Gasteiger partial charge in [0.25, 0.3) is 5.91 Å². The fraction of sp³-hybridized carbons (Fsp3) is 0.391. The molecule has 0 aliphatic carbocycles. The van der Waals surface area contributed by atoms with Crippen LogP contribution in [0.5, 0.6) is 0 Å². The van der Waals surface area contributed by atoms with Crippen molar-refractivity contribution >= 4 is 11.8 Å². The van der Waals surface area contributed by atoms with Gasteiger partial charge in [-0.05, 0) is 30.2 Å². The summed E-state index contributed by atoms with van der Waals surface area (Å²) in [4.78, 5) is 28.9. The summed E-state index contributed by atoms with van der Waals surface area (Å²) in [5.41, 5.74) is -0.125. The molecule has 2 aromatic carbocycles. The highest BCUT2D eigenvalue weighted by atomic mass is 19.4. The van der Waals surface area contributed by atoms with Gasteiger partial charge < -0.3 is 14.5 Å². The van der Waals surface area contributed by atoms with E-state index in [0.29, 0.717) is 31.6 Å². The van der Waals surface area contributed by atoms with E-state index in [1.165, 1.54) is 12.1 Å². The Balaban J connectivity index is 1.43. The van der Waals surface area contributed by atoms with Gasteiger partial charge in [0.15, 0.2) is 0 Å². The minimum Gasteiger partial charge on any atom is -0.370 e. The van der Waals surface area contributed by atoms with E-state index in [4.69, 9.17) is 4.74 Å². The van der Waals surface area contributed by atoms with E-state index < -0.39 is 17.8 Å². The van der Waals surface area contributed by atoms with Crippen LogP contribution in [0.15, 0.2) is 54.6 Å². The topological polar surface area (TPSA) is 49.9 Å². The molecule has 2 aliphatic rings. The highest BCUT2D eigenvalue weighted by molar-refractivity contribution is 5.95. The smallest absolute Gasteiger partial charge is 0.370 e. The maximum Gasteiger partial charge on any atom is 0.416 e. The number of hydrogen-bond acceptors (Lipinski definition) is 3. The lowest BCUT2D eigenvalue weighted by Crippen LogP contribution is -2.46. The average molecular weight is 432 g/mol. The second-order valence-corrected chi connectivity index (χ2v) is 7.83. The number of alkyl halides is 3. The molecule has 5 nitrogen and oxygen atoms in total. The number of likely N-dealkylation sites (tertiary alicyclic amines) is 1. The molecule has 2 atom stereocenters. The lowest BCUT2D eigenvalue weighted by atomic mass is 9.99. The number of hydrogen-bond donors (Lipinski definition) is 0. The lowest BCUT2D eigenvalue weighted by molar-refractivity contribution is -0.145. The predicted molar refractivity (Wildman–Crippen MR) is 107 cm³/mol. The van der Waals surface area contributed by atoms with Crippen LogP contribution in [0.1, 0.15) is 34.0 Å². The molecule has 164 valence electrons. The summed E-state index contributed by atoms with van der Waals surface area (Å²) in [6.45, 7) is 1.35. The van der Waals surface area contributed by atoms with Crippen molar-refractivity contribution in [3.05, 3.63) is 71.3 Å². The van der Waals surface area contributed by atoms with Crippen LogP contribution >= 0.6 is 0 Å². The Morgan fingerprint density at radius 3 is 2.35 bits per heavy atom. The van der Waals surface area contributed by atoms with E-state index in [0.717, 1.165) is 6.07 Å². The van der Waals surface area contributed by atoms with Gasteiger partial charge in [-0.2, -0.15) is 13.2 Å². The molecule has 31 heavy (non-hydrogen) atoms.